The van der Waals surface area contributed by atoms with Crippen LogP contribution in [0.15, 0.2) is 24.3 Å². The van der Waals surface area contributed by atoms with Gasteiger partial charge >= 0.3 is 0 Å². The van der Waals surface area contributed by atoms with Gasteiger partial charge in [-0.1, -0.05) is 6.07 Å². The quantitative estimate of drug-likeness (QED) is 0.811. The molecule has 1 atom stereocenters. The fourth-order valence-corrected chi connectivity index (χ4v) is 4.44. The van der Waals surface area contributed by atoms with Gasteiger partial charge < -0.3 is 10.1 Å². The molecule has 0 saturated carbocycles. The van der Waals surface area contributed by atoms with Gasteiger partial charge in [-0.3, -0.25) is 9.52 Å². The Morgan fingerprint density at radius 1 is 1.35 bits per heavy atom. The molecule has 9 heteroatoms. The molecule has 0 radical (unpaired) electrons. The number of sulfonamides is 1. The van der Waals surface area contributed by atoms with Gasteiger partial charge in [0.05, 0.1) is 29.3 Å². The Labute approximate surface area is 156 Å². The highest BCUT2D eigenvalue weighted by atomic mass is 32.2. The van der Waals surface area contributed by atoms with E-state index in [0.29, 0.717) is 28.6 Å². The molecule has 1 aliphatic rings. The summed E-state index contributed by atoms with van der Waals surface area (Å²) in [4.78, 5) is 17.7. The van der Waals surface area contributed by atoms with Crippen LogP contribution in [0, 0.1) is 6.92 Å². The SMILES string of the molecule is Cc1nc(C2CCCOC2)sc1C(=O)Nc1cccc(NS(C)(=O)=O)c1. The Hall–Kier alpha value is -1.97. The monoisotopic (exact) mass is 395 g/mol. The summed E-state index contributed by atoms with van der Waals surface area (Å²) in [5.41, 5.74) is 1.60. The highest BCUT2D eigenvalue weighted by Crippen LogP contribution is 2.31. The summed E-state index contributed by atoms with van der Waals surface area (Å²) in [7, 11) is -3.37. The van der Waals surface area contributed by atoms with Gasteiger partial charge in [-0.05, 0) is 38.0 Å². The number of hydrogen-bond acceptors (Lipinski definition) is 6. The molecule has 1 amide bonds. The van der Waals surface area contributed by atoms with E-state index in [1.165, 1.54) is 11.3 Å². The first-order chi connectivity index (χ1) is 12.3. The minimum atomic E-state index is -3.37. The summed E-state index contributed by atoms with van der Waals surface area (Å²) in [5.74, 6) is -0.00391. The molecule has 0 bridgehead atoms. The standard InChI is InChI=1S/C17H21N3O4S2/c1-11-15(25-17(18-11)12-5-4-8-24-10-12)16(21)19-13-6-3-7-14(9-13)20-26(2,22)23/h3,6-7,9,12,20H,4-5,8,10H2,1-2H3,(H,19,21). The highest BCUT2D eigenvalue weighted by molar-refractivity contribution is 7.92. The molecule has 2 N–H and O–H groups in total. The van der Waals surface area contributed by atoms with Crippen molar-refractivity contribution >= 4 is 38.6 Å². The molecular formula is C17H21N3O4S2. The van der Waals surface area contributed by atoms with E-state index in [9.17, 15) is 13.2 Å². The van der Waals surface area contributed by atoms with E-state index < -0.39 is 10.0 Å². The second-order valence-corrected chi connectivity index (χ2v) is 9.07. The number of hydrogen-bond donors (Lipinski definition) is 2. The van der Waals surface area contributed by atoms with Crippen molar-refractivity contribution in [1.29, 1.82) is 0 Å². The molecule has 3 rings (SSSR count). The van der Waals surface area contributed by atoms with E-state index in [-0.39, 0.29) is 11.8 Å². The van der Waals surface area contributed by atoms with Crippen LogP contribution in [0.4, 0.5) is 11.4 Å². The maximum atomic E-state index is 12.6. The maximum absolute atomic E-state index is 12.6. The fourth-order valence-electron chi connectivity index (χ4n) is 2.80. The number of carbonyl (C=O) groups is 1. The zero-order valence-corrected chi connectivity index (χ0v) is 16.2. The summed E-state index contributed by atoms with van der Waals surface area (Å²) in [6.45, 7) is 3.25. The Kier molecular flexibility index (Phi) is 5.59. The van der Waals surface area contributed by atoms with Crippen molar-refractivity contribution < 1.29 is 17.9 Å². The fraction of sp³-hybridized carbons (Fsp3) is 0.412. The number of benzene rings is 1. The Morgan fingerprint density at radius 2 is 2.12 bits per heavy atom. The first-order valence-corrected chi connectivity index (χ1v) is 11.0. The Morgan fingerprint density at radius 3 is 2.81 bits per heavy atom. The van der Waals surface area contributed by atoms with Crippen molar-refractivity contribution in [2.24, 2.45) is 0 Å². The average molecular weight is 396 g/mol. The maximum Gasteiger partial charge on any atom is 0.267 e. The second-order valence-electron chi connectivity index (χ2n) is 6.29. The van der Waals surface area contributed by atoms with Crippen molar-refractivity contribution in [3.05, 3.63) is 39.8 Å². The normalized spacial score (nSPS) is 17.7. The third-order valence-corrected chi connectivity index (χ3v) is 5.88. The number of anilines is 2. The van der Waals surface area contributed by atoms with Gasteiger partial charge in [0, 0.05) is 18.2 Å². The van der Waals surface area contributed by atoms with Crippen LogP contribution in [0.2, 0.25) is 0 Å². The van der Waals surface area contributed by atoms with Crippen LogP contribution in [-0.4, -0.2) is 38.8 Å². The zero-order chi connectivity index (χ0) is 18.7. The predicted octanol–water partition coefficient (Wildman–Crippen LogP) is 2.97. The third kappa shape index (κ3) is 4.80. The minimum Gasteiger partial charge on any atom is -0.381 e. The van der Waals surface area contributed by atoms with E-state index >= 15 is 0 Å². The van der Waals surface area contributed by atoms with Crippen LogP contribution in [0.3, 0.4) is 0 Å². The summed E-state index contributed by atoms with van der Waals surface area (Å²) in [6.07, 6.45) is 3.10. The lowest BCUT2D eigenvalue weighted by Gasteiger charge is -2.19. The number of amides is 1. The van der Waals surface area contributed by atoms with Gasteiger partial charge in [-0.25, -0.2) is 13.4 Å². The molecule has 0 spiro atoms. The topological polar surface area (TPSA) is 97.4 Å². The molecular weight excluding hydrogens is 374 g/mol. The van der Waals surface area contributed by atoms with Crippen LogP contribution in [-0.2, 0) is 14.8 Å². The third-order valence-electron chi connectivity index (χ3n) is 3.95. The van der Waals surface area contributed by atoms with E-state index in [1.54, 1.807) is 24.3 Å². The Bertz CT molecular complexity index is 902. The van der Waals surface area contributed by atoms with E-state index in [4.69, 9.17) is 4.74 Å². The molecule has 1 unspecified atom stereocenters. The molecule has 26 heavy (non-hydrogen) atoms. The zero-order valence-electron chi connectivity index (χ0n) is 14.6. The number of nitrogens with zero attached hydrogens (tertiary/aromatic N) is 1. The van der Waals surface area contributed by atoms with Crippen molar-refractivity contribution in [3.8, 4) is 0 Å². The van der Waals surface area contributed by atoms with Gasteiger partial charge in [0.15, 0.2) is 0 Å². The molecule has 140 valence electrons. The first kappa shape index (κ1) is 18.8. The molecule has 0 aliphatic carbocycles. The second kappa shape index (κ2) is 7.73. The van der Waals surface area contributed by atoms with Gasteiger partial charge in [0.1, 0.15) is 4.88 Å². The largest absolute Gasteiger partial charge is 0.381 e. The lowest BCUT2D eigenvalue weighted by Crippen LogP contribution is -2.15. The van der Waals surface area contributed by atoms with E-state index in [1.807, 2.05) is 6.92 Å². The van der Waals surface area contributed by atoms with Crippen molar-refractivity contribution in [1.82, 2.24) is 4.98 Å². The summed E-state index contributed by atoms with van der Waals surface area (Å²) < 4.78 is 30.6. The summed E-state index contributed by atoms with van der Waals surface area (Å²) in [6, 6.07) is 6.58. The van der Waals surface area contributed by atoms with Gasteiger partial charge in [-0.15, -0.1) is 11.3 Å². The van der Waals surface area contributed by atoms with Gasteiger partial charge in [0.25, 0.3) is 5.91 Å². The molecule has 1 fully saturated rings. The summed E-state index contributed by atoms with van der Waals surface area (Å²) >= 11 is 1.39. The lowest BCUT2D eigenvalue weighted by molar-refractivity contribution is 0.0803. The number of carbonyl (C=O) groups excluding carboxylic acids is 1. The van der Waals surface area contributed by atoms with E-state index in [2.05, 4.69) is 15.0 Å². The molecule has 2 aromatic rings. The molecule has 1 aliphatic heterocycles. The van der Waals surface area contributed by atoms with Crippen LogP contribution in [0.1, 0.15) is 39.1 Å². The highest BCUT2D eigenvalue weighted by Gasteiger charge is 2.23. The number of thiazole rings is 1. The van der Waals surface area contributed by atoms with Gasteiger partial charge in [-0.2, -0.15) is 0 Å². The van der Waals surface area contributed by atoms with Crippen LogP contribution in [0.5, 0.6) is 0 Å². The van der Waals surface area contributed by atoms with E-state index in [0.717, 1.165) is 30.7 Å². The number of ether oxygens (including phenoxy) is 1. The average Bonchev–Trinajstić information content (AvgIpc) is 2.96. The van der Waals surface area contributed by atoms with Crippen molar-refractivity contribution in [3.63, 3.8) is 0 Å². The summed E-state index contributed by atoms with van der Waals surface area (Å²) in [5, 5.41) is 3.74. The predicted molar refractivity (Wildman–Crippen MR) is 103 cm³/mol. The number of rotatable bonds is 5. The molecule has 1 aromatic carbocycles. The first-order valence-electron chi connectivity index (χ1n) is 8.26. The molecule has 1 saturated heterocycles. The number of aromatic nitrogens is 1. The molecule has 7 nitrogen and oxygen atoms in total. The van der Waals surface area contributed by atoms with Gasteiger partial charge in [0.2, 0.25) is 10.0 Å². The minimum absolute atomic E-state index is 0.247. The van der Waals surface area contributed by atoms with Crippen LogP contribution < -0.4 is 10.0 Å². The Balaban J connectivity index is 1.74. The van der Waals surface area contributed by atoms with Crippen molar-refractivity contribution in [2.75, 3.05) is 29.5 Å². The smallest absolute Gasteiger partial charge is 0.267 e. The number of aryl methyl sites for hydroxylation is 1. The lowest BCUT2D eigenvalue weighted by atomic mass is 10.0. The molecule has 1 aromatic heterocycles. The van der Waals surface area contributed by atoms with Crippen LogP contribution >= 0.6 is 11.3 Å². The van der Waals surface area contributed by atoms with Crippen LogP contribution in [0.25, 0.3) is 0 Å². The molecule has 2 heterocycles. The van der Waals surface area contributed by atoms with Crippen molar-refractivity contribution in [2.45, 2.75) is 25.7 Å². The number of nitrogens with one attached hydrogen (secondary N) is 2.